The molecule has 0 N–H and O–H groups in total. The van der Waals surface area contributed by atoms with E-state index in [1.54, 1.807) is 0 Å². The molecule has 0 aromatic carbocycles. The second-order valence-electron chi connectivity index (χ2n) is 3.38. The van der Waals surface area contributed by atoms with Crippen LogP contribution in [0.2, 0.25) is 0 Å². The van der Waals surface area contributed by atoms with Crippen LogP contribution in [-0.2, 0) is 14.3 Å². The van der Waals surface area contributed by atoms with Gasteiger partial charge in [-0.2, -0.15) is 0 Å². The number of ether oxygens (including phenoxy) is 2. The van der Waals surface area contributed by atoms with E-state index in [4.69, 9.17) is 9.47 Å². The lowest BCUT2D eigenvalue weighted by atomic mass is 10.1. The van der Waals surface area contributed by atoms with E-state index in [-0.39, 0.29) is 12.1 Å². The molecule has 0 saturated heterocycles. The van der Waals surface area contributed by atoms with Crippen molar-refractivity contribution >= 4 is 5.97 Å². The van der Waals surface area contributed by atoms with Gasteiger partial charge in [-0.3, -0.25) is 4.79 Å². The van der Waals surface area contributed by atoms with Crippen LogP contribution in [0, 0.1) is 0 Å². The fourth-order valence-electron chi connectivity index (χ4n) is 1.28. The topological polar surface area (TPSA) is 35.5 Å². The standard InChI is InChI=1S/C11H22O3/c1-4-6-7-8-11(13-5-2)9-14-10(3)12/h11H,4-9H2,1-3H3. The summed E-state index contributed by atoms with van der Waals surface area (Å²) in [7, 11) is 0. The first-order chi connectivity index (χ1) is 6.70. The Bertz CT molecular complexity index is 145. The third-order valence-electron chi connectivity index (χ3n) is 2.00. The Balaban J connectivity index is 3.59. The van der Waals surface area contributed by atoms with Crippen LogP contribution >= 0.6 is 0 Å². The molecule has 0 radical (unpaired) electrons. The van der Waals surface area contributed by atoms with Crippen molar-refractivity contribution in [1.82, 2.24) is 0 Å². The second-order valence-corrected chi connectivity index (χ2v) is 3.38. The molecule has 0 heterocycles. The molecule has 1 unspecified atom stereocenters. The number of esters is 1. The van der Waals surface area contributed by atoms with E-state index in [9.17, 15) is 4.79 Å². The van der Waals surface area contributed by atoms with Crippen LogP contribution in [0.15, 0.2) is 0 Å². The van der Waals surface area contributed by atoms with Crippen LogP contribution in [0.5, 0.6) is 0 Å². The average Bonchev–Trinajstić information content (AvgIpc) is 2.14. The van der Waals surface area contributed by atoms with Gasteiger partial charge in [-0.15, -0.1) is 0 Å². The van der Waals surface area contributed by atoms with Gasteiger partial charge in [0.2, 0.25) is 0 Å². The molecule has 0 aromatic rings. The molecule has 0 aromatic heterocycles. The van der Waals surface area contributed by atoms with Gasteiger partial charge in [0.15, 0.2) is 0 Å². The predicted octanol–water partition coefficient (Wildman–Crippen LogP) is 2.53. The van der Waals surface area contributed by atoms with Gasteiger partial charge in [0.1, 0.15) is 6.61 Å². The lowest BCUT2D eigenvalue weighted by Crippen LogP contribution is -2.21. The van der Waals surface area contributed by atoms with Gasteiger partial charge in [-0.25, -0.2) is 0 Å². The Morgan fingerprint density at radius 1 is 1.29 bits per heavy atom. The first-order valence-electron chi connectivity index (χ1n) is 5.45. The Morgan fingerprint density at radius 2 is 2.00 bits per heavy atom. The van der Waals surface area contributed by atoms with Crippen molar-refractivity contribution in [1.29, 1.82) is 0 Å². The van der Waals surface area contributed by atoms with Gasteiger partial charge < -0.3 is 9.47 Å². The van der Waals surface area contributed by atoms with Crippen molar-refractivity contribution in [3.63, 3.8) is 0 Å². The van der Waals surface area contributed by atoms with Crippen LogP contribution < -0.4 is 0 Å². The van der Waals surface area contributed by atoms with Crippen LogP contribution in [0.25, 0.3) is 0 Å². The summed E-state index contributed by atoms with van der Waals surface area (Å²) in [5.41, 5.74) is 0. The zero-order valence-electron chi connectivity index (χ0n) is 9.54. The zero-order valence-corrected chi connectivity index (χ0v) is 9.54. The van der Waals surface area contributed by atoms with Crippen molar-refractivity contribution in [2.75, 3.05) is 13.2 Å². The van der Waals surface area contributed by atoms with Crippen LogP contribution in [-0.4, -0.2) is 25.3 Å². The largest absolute Gasteiger partial charge is 0.463 e. The summed E-state index contributed by atoms with van der Waals surface area (Å²) < 4.78 is 10.4. The highest BCUT2D eigenvalue weighted by Crippen LogP contribution is 2.07. The van der Waals surface area contributed by atoms with Crippen molar-refractivity contribution < 1.29 is 14.3 Å². The molecule has 14 heavy (non-hydrogen) atoms. The predicted molar refractivity (Wildman–Crippen MR) is 56.2 cm³/mol. The van der Waals surface area contributed by atoms with Crippen LogP contribution in [0.4, 0.5) is 0 Å². The number of unbranched alkanes of at least 4 members (excludes halogenated alkanes) is 2. The lowest BCUT2D eigenvalue weighted by Gasteiger charge is -2.16. The molecular formula is C11H22O3. The number of hydrogen-bond donors (Lipinski definition) is 0. The minimum atomic E-state index is -0.231. The van der Waals surface area contributed by atoms with Crippen molar-refractivity contribution in [2.24, 2.45) is 0 Å². The van der Waals surface area contributed by atoms with Crippen molar-refractivity contribution in [3.8, 4) is 0 Å². The van der Waals surface area contributed by atoms with Gasteiger partial charge in [-0.1, -0.05) is 26.2 Å². The highest BCUT2D eigenvalue weighted by molar-refractivity contribution is 5.65. The van der Waals surface area contributed by atoms with E-state index in [0.717, 1.165) is 12.8 Å². The van der Waals surface area contributed by atoms with Crippen molar-refractivity contribution in [2.45, 2.75) is 52.6 Å². The Kier molecular flexibility index (Phi) is 8.64. The zero-order chi connectivity index (χ0) is 10.8. The van der Waals surface area contributed by atoms with Gasteiger partial charge >= 0.3 is 5.97 Å². The number of hydrogen-bond acceptors (Lipinski definition) is 3. The highest BCUT2D eigenvalue weighted by Gasteiger charge is 2.09. The summed E-state index contributed by atoms with van der Waals surface area (Å²) in [6.07, 6.45) is 4.61. The Hall–Kier alpha value is -0.570. The summed E-state index contributed by atoms with van der Waals surface area (Å²) in [6.45, 7) is 6.63. The third kappa shape index (κ3) is 8.05. The fourth-order valence-corrected chi connectivity index (χ4v) is 1.28. The van der Waals surface area contributed by atoms with Crippen molar-refractivity contribution in [3.05, 3.63) is 0 Å². The molecule has 1 atom stereocenters. The minimum absolute atomic E-state index is 0.0791. The molecule has 0 saturated carbocycles. The SMILES string of the molecule is CCCCCC(COC(C)=O)OCC. The van der Waals surface area contributed by atoms with Gasteiger partial charge in [0.05, 0.1) is 6.10 Å². The van der Waals surface area contributed by atoms with E-state index in [1.807, 2.05) is 6.92 Å². The number of carbonyl (C=O) groups is 1. The van der Waals surface area contributed by atoms with E-state index in [2.05, 4.69) is 6.92 Å². The van der Waals surface area contributed by atoms with Gasteiger partial charge in [0, 0.05) is 13.5 Å². The molecule has 0 aliphatic rings. The molecule has 0 aliphatic carbocycles. The minimum Gasteiger partial charge on any atom is -0.463 e. The van der Waals surface area contributed by atoms with Crippen LogP contribution in [0.3, 0.4) is 0 Å². The molecule has 0 rings (SSSR count). The normalized spacial score (nSPS) is 12.5. The van der Waals surface area contributed by atoms with Gasteiger partial charge in [0.25, 0.3) is 0 Å². The summed E-state index contributed by atoms with van der Waals surface area (Å²) in [6, 6.07) is 0. The van der Waals surface area contributed by atoms with E-state index in [1.165, 1.54) is 19.8 Å². The average molecular weight is 202 g/mol. The van der Waals surface area contributed by atoms with E-state index < -0.39 is 0 Å². The van der Waals surface area contributed by atoms with E-state index >= 15 is 0 Å². The number of rotatable bonds is 8. The summed E-state index contributed by atoms with van der Waals surface area (Å²) >= 11 is 0. The highest BCUT2D eigenvalue weighted by atomic mass is 16.6. The second kappa shape index (κ2) is 9.00. The smallest absolute Gasteiger partial charge is 0.302 e. The molecule has 3 nitrogen and oxygen atoms in total. The molecule has 0 aliphatic heterocycles. The maximum atomic E-state index is 10.6. The first kappa shape index (κ1) is 13.4. The lowest BCUT2D eigenvalue weighted by molar-refractivity contribution is -0.145. The molecule has 0 fully saturated rings. The summed E-state index contributed by atoms with van der Waals surface area (Å²) in [4.78, 5) is 10.6. The third-order valence-corrected chi connectivity index (χ3v) is 2.00. The first-order valence-corrected chi connectivity index (χ1v) is 5.45. The molecular weight excluding hydrogens is 180 g/mol. The van der Waals surface area contributed by atoms with Crippen LogP contribution in [0.1, 0.15) is 46.5 Å². The fraction of sp³-hybridized carbons (Fsp3) is 0.909. The molecule has 0 amide bonds. The Morgan fingerprint density at radius 3 is 2.50 bits per heavy atom. The molecule has 84 valence electrons. The van der Waals surface area contributed by atoms with E-state index in [0.29, 0.717) is 13.2 Å². The van der Waals surface area contributed by atoms with Gasteiger partial charge in [-0.05, 0) is 13.3 Å². The summed E-state index contributed by atoms with van der Waals surface area (Å²) in [5, 5.41) is 0. The maximum Gasteiger partial charge on any atom is 0.302 e. The quantitative estimate of drug-likeness (QED) is 0.448. The Labute approximate surface area is 86.8 Å². The molecule has 0 bridgehead atoms. The maximum absolute atomic E-state index is 10.6. The summed E-state index contributed by atoms with van der Waals surface area (Å²) in [5.74, 6) is -0.231. The molecule has 3 heteroatoms. The number of carbonyl (C=O) groups excluding carboxylic acids is 1. The monoisotopic (exact) mass is 202 g/mol. The molecule has 0 spiro atoms.